The molecule has 0 heterocycles. The van der Waals surface area contributed by atoms with Gasteiger partial charge in [-0.05, 0) is 124 Å². The average molecular weight is 1120 g/mol. The quantitative estimate of drug-likeness (QED) is 0.0182. The Morgan fingerprint density at radius 2 is 0.861 bits per heavy atom. The lowest BCUT2D eigenvalue weighted by molar-refractivity contribution is -0.143. The Bertz CT molecular complexity index is 1920. The van der Waals surface area contributed by atoms with E-state index in [2.05, 4.69) is 190 Å². The van der Waals surface area contributed by atoms with E-state index >= 15 is 0 Å². The summed E-state index contributed by atoms with van der Waals surface area (Å²) in [5, 5.41) is 0.101. The molecule has 3 aromatic carbocycles. The zero-order valence-corrected chi connectivity index (χ0v) is 54.2. The summed E-state index contributed by atoms with van der Waals surface area (Å²) < 4.78 is 33.3. The van der Waals surface area contributed by atoms with Crippen LogP contribution in [0.2, 0.25) is 36.3 Å². The summed E-state index contributed by atoms with van der Waals surface area (Å²) in [6.45, 7) is 31.7. The van der Waals surface area contributed by atoms with Gasteiger partial charge < -0.3 is 23.1 Å². The normalized spacial score (nSPS) is 13.6. The van der Waals surface area contributed by atoms with Crippen LogP contribution in [0.15, 0.2) is 115 Å². The van der Waals surface area contributed by atoms with Crippen molar-refractivity contribution < 1.29 is 32.7 Å². The van der Waals surface area contributed by atoms with Crippen molar-refractivity contribution in [3.8, 4) is 0 Å². The lowest BCUT2D eigenvalue weighted by atomic mass is 9.80. The SMILES string of the molecule is CCCCCCC=CCOC(=O)CCCCCC(CN(CCCCOC(c1ccccc1)(c1ccccc1)c1ccccc1)CC(CCCCCC(=O)OC/C=C\CCCCCC)O[Si](C)(C)C(C)(C)C)O[Si](C)(C)C(C)(C)C. The molecule has 0 aliphatic carbocycles. The van der Waals surface area contributed by atoms with Gasteiger partial charge in [0.2, 0.25) is 0 Å². The number of hydrogen-bond donors (Lipinski definition) is 0. The first-order chi connectivity index (χ1) is 37.8. The summed E-state index contributed by atoms with van der Waals surface area (Å²) in [6, 6.07) is 32.0. The summed E-state index contributed by atoms with van der Waals surface area (Å²) in [4.78, 5) is 28.1. The molecule has 444 valence electrons. The van der Waals surface area contributed by atoms with E-state index in [1.165, 1.54) is 51.4 Å². The monoisotopic (exact) mass is 1120 g/mol. The number of nitrogens with zero attached hydrogens (tertiary/aromatic N) is 1. The number of unbranched alkanes of at least 4 members (excludes halogenated alkanes) is 13. The first kappa shape index (κ1) is 69.6. The number of esters is 2. The Morgan fingerprint density at radius 1 is 0.481 bits per heavy atom. The van der Waals surface area contributed by atoms with Crippen molar-refractivity contribution >= 4 is 28.6 Å². The largest absolute Gasteiger partial charge is 0.461 e. The molecule has 0 aliphatic heterocycles. The molecule has 3 aromatic rings. The van der Waals surface area contributed by atoms with Crippen LogP contribution in [0.5, 0.6) is 0 Å². The van der Waals surface area contributed by atoms with Crippen LogP contribution in [-0.2, 0) is 38.3 Å². The highest BCUT2D eigenvalue weighted by Gasteiger charge is 2.42. The van der Waals surface area contributed by atoms with Crippen LogP contribution in [0.3, 0.4) is 0 Å². The van der Waals surface area contributed by atoms with Crippen molar-refractivity contribution in [2.45, 2.75) is 251 Å². The minimum atomic E-state index is -2.17. The van der Waals surface area contributed by atoms with Crippen LogP contribution in [0.4, 0.5) is 0 Å². The fourth-order valence-corrected chi connectivity index (χ4v) is 12.4. The second-order valence-corrected chi connectivity index (χ2v) is 34.8. The van der Waals surface area contributed by atoms with Crippen molar-refractivity contribution in [3.63, 3.8) is 0 Å². The zero-order chi connectivity index (χ0) is 57.9. The second kappa shape index (κ2) is 38.2. The molecule has 0 aliphatic rings. The molecule has 8 nitrogen and oxygen atoms in total. The van der Waals surface area contributed by atoms with Crippen LogP contribution in [0.25, 0.3) is 0 Å². The third-order valence-electron chi connectivity index (χ3n) is 16.5. The maximum absolute atomic E-state index is 12.7. The number of carbonyl (C=O) groups is 2. The van der Waals surface area contributed by atoms with Gasteiger partial charge in [0.1, 0.15) is 18.8 Å². The van der Waals surface area contributed by atoms with Gasteiger partial charge in [0.15, 0.2) is 16.6 Å². The molecule has 0 N–H and O–H groups in total. The predicted octanol–water partition coefficient (Wildman–Crippen LogP) is 18.9. The number of hydrogen-bond acceptors (Lipinski definition) is 8. The molecule has 0 aromatic heterocycles. The van der Waals surface area contributed by atoms with Gasteiger partial charge in [-0.3, -0.25) is 14.5 Å². The Kier molecular flexibility index (Phi) is 33.7. The van der Waals surface area contributed by atoms with Crippen molar-refractivity contribution in [3.05, 3.63) is 132 Å². The Morgan fingerprint density at radius 3 is 1.23 bits per heavy atom. The van der Waals surface area contributed by atoms with Gasteiger partial charge >= 0.3 is 11.9 Å². The molecular formula is C69H113NO7Si2. The fraction of sp³-hybridized carbons (Fsp3) is 0.652. The number of rotatable bonds is 43. The first-order valence-electron chi connectivity index (χ1n) is 31.3. The highest BCUT2D eigenvalue weighted by molar-refractivity contribution is 6.74. The van der Waals surface area contributed by atoms with Gasteiger partial charge in [-0.15, -0.1) is 0 Å². The first-order valence-corrected chi connectivity index (χ1v) is 37.1. The number of benzene rings is 3. The highest BCUT2D eigenvalue weighted by atomic mass is 28.4. The Labute approximate surface area is 485 Å². The molecule has 0 spiro atoms. The fourth-order valence-electron chi connectivity index (χ4n) is 9.64. The van der Waals surface area contributed by atoms with Crippen LogP contribution in [0.1, 0.15) is 213 Å². The third kappa shape index (κ3) is 27.3. The molecule has 0 fully saturated rings. The summed E-state index contributed by atoms with van der Waals surface area (Å²) in [7, 11) is -4.34. The molecule has 0 amide bonds. The van der Waals surface area contributed by atoms with Crippen LogP contribution in [0, 0.1) is 0 Å². The number of carbonyl (C=O) groups excluding carboxylic acids is 2. The maximum atomic E-state index is 12.7. The van der Waals surface area contributed by atoms with Gasteiger partial charge in [-0.2, -0.15) is 0 Å². The van der Waals surface area contributed by atoms with Gasteiger partial charge in [0.25, 0.3) is 0 Å². The van der Waals surface area contributed by atoms with E-state index in [0.717, 1.165) is 113 Å². The molecule has 0 bridgehead atoms. The summed E-state index contributed by atoms with van der Waals surface area (Å²) in [5.74, 6) is -0.227. The molecule has 0 radical (unpaired) electrons. The second-order valence-electron chi connectivity index (χ2n) is 25.3. The third-order valence-corrected chi connectivity index (χ3v) is 25.5. The lowest BCUT2D eigenvalue weighted by Gasteiger charge is -2.42. The van der Waals surface area contributed by atoms with Gasteiger partial charge in [0, 0.05) is 32.5 Å². The number of allylic oxidation sites excluding steroid dienone is 2. The molecule has 2 unspecified atom stereocenters. The van der Waals surface area contributed by atoms with Gasteiger partial charge in [-0.25, -0.2) is 0 Å². The molecule has 0 saturated heterocycles. The van der Waals surface area contributed by atoms with Crippen molar-refractivity contribution in [2.24, 2.45) is 0 Å². The van der Waals surface area contributed by atoms with Crippen molar-refractivity contribution in [1.82, 2.24) is 4.90 Å². The smallest absolute Gasteiger partial charge is 0.306 e. The molecule has 2 atom stereocenters. The standard InChI is InChI=1S/C69H113NO7Si2/c1-13-15-17-19-21-23-41-55-73-65(71)52-38-28-36-50-63(76-78(9,10)67(3,4)5)58-70(54-40-43-57-75-69(60-44-30-25-31-45-60,61-46-32-26-33-47-61)62-48-34-27-35-49-62)59-64(77-79(11,12)68(6,7)8)51-37-29-39-53-66(72)74-56-42-24-22-20-18-16-14-2/h23-27,30-35,41-42,44-49,63-64H,13-22,28-29,36-40,43,50-59H2,1-12H3/b41-23-,42-24?. The minimum Gasteiger partial charge on any atom is -0.461 e. The Hall–Kier alpha value is -3.65. The maximum Gasteiger partial charge on any atom is 0.306 e. The summed E-state index contributed by atoms with van der Waals surface area (Å²) in [6.07, 6.45) is 30.4. The van der Waals surface area contributed by atoms with Crippen LogP contribution < -0.4 is 0 Å². The van der Waals surface area contributed by atoms with E-state index < -0.39 is 22.2 Å². The summed E-state index contributed by atoms with van der Waals surface area (Å²) in [5.41, 5.74) is 2.57. The molecule has 10 heteroatoms. The van der Waals surface area contributed by atoms with E-state index in [4.69, 9.17) is 23.1 Å². The van der Waals surface area contributed by atoms with Crippen LogP contribution >= 0.6 is 0 Å². The highest BCUT2D eigenvalue weighted by Crippen LogP contribution is 2.42. The molecule has 0 saturated carbocycles. The Balaban J connectivity index is 1.84. The molecule has 79 heavy (non-hydrogen) atoms. The minimum absolute atomic E-state index is 0.0314. The van der Waals surface area contributed by atoms with E-state index in [1.54, 1.807) is 0 Å². The summed E-state index contributed by atoms with van der Waals surface area (Å²) >= 11 is 0. The van der Waals surface area contributed by atoms with E-state index in [-0.39, 0.29) is 34.2 Å². The predicted molar refractivity (Wildman–Crippen MR) is 339 cm³/mol. The van der Waals surface area contributed by atoms with Gasteiger partial charge in [0.05, 0.1) is 12.2 Å². The van der Waals surface area contributed by atoms with E-state index in [0.29, 0.717) is 32.7 Å². The molecule has 3 rings (SSSR count). The van der Waals surface area contributed by atoms with Crippen molar-refractivity contribution in [2.75, 3.05) is 39.5 Å². The van der Waals surface area contributed by atoms with Crippen molar-refractivity contribution in [1.29, 1.82) is 0 Å². The van der Waals surface area contributed by atoms with E-state index in [9.17, 15) is 9.59 Å². The number of ether oxygens (including phenoxy) is 3. The van der Waals surface area contributed by atoms with E-state index in [1.807, 2.05) is 12.2 Å². The zero-order valence-electron chi connectivity index (χ0n) is 52.2. The van der Waals surface area contributed by atoms with Gasteiger partial charge in [-0.1, -0.05) is 235 Å². The topological polar surface area (TPSA) is 83.5 Å². The molecular weight excluding hydrogens is 1010 g/mol. The average Bonchev–Trinajstić information content (AvgIpc) is 3.43. The van der Waals surface area contributed by atoms with Crippen LogP contribution in [-0.4, -0.2) is 85.1 Å². The lowest BCUT2D eigenvalue weighted by Crippen LogP contribution is -2.50.